The lowest BCUT2D eigenvalue weighted by molar-refractivity contribution is 0.0936. The van der Waals surface area contributed by atoms with Crippen LogP contribution in [-0.2, 0) is 0 Å². The van der Waals surface area contributed by atoms with Gasteiger partial charge in [0.25, 0.3) is 5.91 Å². The van der Waals surface area contributed by atoms with Gasteiger partial charge in [0.15, 0.2) is 5.82 Å². The molecule has 1 atom stereocenters. The molecule has 3 aromatic rings. The van der Waals surface area contributed by atoms with Gasteiger partial charge in [-0.15, -0.1) is 0 Å². The molecule has 2 N–H and O–H groups in total. The summed E-state index contributed by atoms with van der Waals surface area (Å²) in [5.74, 6) is 0.556. The summed E-state index contributed by atoms with van der Waals surface area (Å²) in [5, 5.41) is 10.7. The lowest BCUT2D eigenvalue weighted by atomic mass is 10.1. The number of hydrogen-bond donors (Lipinski definition) is 2. The van der Waals surface area contributed by atoms with E-state index in [4.69, 9.17) is 16.3 Å². The second-order valence-corrected chi connectivity index (χ2v) is 7.33. The molecule has 8 heteroatoms. The number of nitrogens with zero attached hydrogens (tertiary/aromatic N) is 2. The van der Waals surface area contributed by atoms with E-state index in [9.17, 15) is 9.18 Å². The van der Waals surface area contributed by atoms with Crippen LogP contribution < -0.4 is 15.0 Å². The monoisotopic (exact) mass is 414 g/mol. The molecule has 150 valence electrons. The molecule has 2 aromatic carbocycles. The predicted molar refractivity (Wildman–Crippen MR) is 110 cm³/mol. The molecule has 1 aromatic heterocycles. The Balaban J connectivity index is 1.40. The summed E-state index contributed by atoms with van der Waals surface area (Å²) in [6.07, 6.45) is 0.749. The number of methoxy groups -OCH3 is 1. The van der Waals surface area contributed by atoms with Crippen molar-refractivity contribution in [2.24, 2.45) is 0 Å². The summed E-state index contributed by atoms with van der Waals surface area (Å²) in [4.78, 5) is 14.5. The third kappa shape index (κ3) is 4.19. The van der Waals surface area contributed by atoms with Gasteiger partial charge in [-0.25, -0.2) is 4.39 Å². The normalized spacial score (nSPS) is 16.1. The number of H-pyrrole nitrogens is 1. The van der Waals surface area contributed by atoms with Gasteiger partial charge in [0.2, 0.25) is 0 Å². The third-order valence-electron chi connectivity index (χ3n) is 4.99. The Bertz CT molecular complexity index is 1020. The summed E-state index contributed by atoms with van der Waals surface area (Å²) in [5.41, 5.74) is 1.86. The molecule has 29 heavy (non-hydrogen) atoms. The highest BCUT2D eigenvalue weighted by molar-refractivity contribution is 6.31. The van der Waals surface area contributed by atoms with Crippen LogP contribution in [0.4, 0.5) is 10.2 Å². The fourth-order valence-electron chi connectivity index (χ4n) is 3.41. The molecule has 0 bridgehead atoms. The van der Waals surface area contributed by atoms with Crippen LogP contribution in [0.15, 0.2) is 48.5 Å². The van der Waals surface area contributed by atoms with Crippen LogP contribution in [-0.4, -0.2) is 42.3 Å². The van der Waals surface area contributed by atoms with E-state index in [-0.39, 0.29) is 11.6 Å². The third-order valence-corrected chi connectivity index (χ3v) is 5.22. The fraction of sp³-hybridized carbons (Fsp3) is 0.238. The van der Waals surface area contributed by atoms with Gasteiger partial charge >= 0.3 is 0 Å². The van der Waals surface area contributed by atoms with Gasteiger partial charge in [-0.05, 0) is 54.4 Å². The van der Waals surface area contributed by atoms with Crippen molar-refractivity contribution in [1.82, 2.24) is 15.5 Å². The van der Waals surface area contributed by atoms with Crippen molar-refractivity contribution in [1.29, 1.82) is 0 Å². The number of carbonyl (C=O) groups excluding carboxylic acids is 1. The highest BCUT2D eigenvalue weighted by Gasteiger charge is 2.26. The zero-order chi connectivity index (χ0) is 20.4. The largest absolute Gasteiger partial charge is 0.497 e. The van der Waals surface area contributed by atoms with Crippen LogP contribution in [0.25, 0.3) is 11.3 Å². The number of halogens is 2. The zero-order valence-electron chi connectivity index (χ0n) is 15.8. The van der Waals surface area contributed by atoms with E-state index in [1.165, 1.54) is 18.2 Å². The standard InChI is InChI=1S/C21H20ClFN4O2/c1-29-16-5-2-13(3-6-16)19-11-20(26-25-19)27-9-8-15(12-27)24-21(28)17-10-14(22)4-7-18(17)23/h2-7,10-11,15H,8-9,12H2,1H3,(H,24,28)(H,25,26)/t15-/m1/s1. The smallest absolute Gasteiger partial charge is 0.254 e. The first-order valence-electron chi connectivity index (χ1n) is 9.24. The molecule has 0 aliphatic carbocycles. The molecular formula is C21H20ClFN4O2. The second kappa shape index (κ2) is 8.13. The minimum atomic E-state index is -0.585. The van der Waals surface area contributed by atoms with Crippen LogP contribution in [0.2, 0.25) is 5.02 Å². The maximum absolute atomic E-state index is 13.9. The van der Waals surface area contributed by atoms with Crippen molar-refractivity contribution in [3.05, 3.63) is 64.9 Å². The van der Waals surface area contributed by atoms with E-state index in [1.54, 1.807) is 7.11 Å². The van der Waals surface area contributed by atoms with E-state index >= 15 is 0 Å². The van der Waals surface area contributed by atoms with E-state index < -0.39 is 11.7 Å². The summed E-state index contributed by atoms with van der Waals surface area (Å²) in [6, 6.07) is 13.5. The summed E-state index contributed by atoms with van der Waals surface area (Å²) < 4.78 is 19.1. The molecule has 0 saturated carbocycles. The van der Waals surface area contributed by atoms with Crippen LogP contribution in [0.1, 0.15) is 16.8 Å². The van der Waals surface area contributed by atoms with Gasteiger partial charge in [-0.2, -0.15) is 5.10 Å². The van der Waals surface area contributed by atoms with Gasteiger partial charge in [0.05, 0.1) is 18.4 Å². The van der Waals surface area contributed by atoms with Crippen molar-refractivity contribution in [3.63, 3.8) is 0 Å². The van der Waals surface area contributed by atoms with Gasteiger partial charge in [-0.1, -0.05) is 11.6 Å². The Morgan fingerprint density at radius 2 is 2.07 bits per heavy atom. The first kappa shape index (κ1) is 19.3. The van der Waals surface area contributed by atoms with Crippen LogP contribution >= 0.6 is 11.6 Å². The van der Waals surface area contributed by atoms with E-state index in [1.807, 2.05) is 30.3 Å². The number of aromatic nitrogens is 2. The number of anilines is 1. The maximum atomic E-state index is 13.9. The molecular weight excluding hydrogens is 395 g/mol. The molecule has 1 aliphatic heterocycles. The van der Waals surface area contributed by atoms with Gasteiger partial charge < -0.3 is 15.0 Å². The Morgan fingerprint density at radius 3 is 2.83 bits per heavy atom. The Hall–Kier alpha value is -3.06. The number of nitrogens with one attached hydrogen (secondary N) is 2. The second-order valence-electron chi connectivity index (χ2n) is 6.90. The average molecular weight is 415 g/mol. The van der Waals surface area contributed by atoms with Crippen molar-refractivity contribution in [3.8, 4) is 17.0 Å². The number of rotatable bonds is 5. The zero-order valence-corrected chi connectivity index (χ0v) is 16.5. The number of aromatic amines is 1. The van der Waals surface area contributed by atoms with Crippen molar-refractivity contribution < 1.29 is 13.9 Å². The topological polar surface area (TPSA) is 70.2 Å². The summed E-state index contributed by atoms with van der Waals surface area (Å²) in [7, 11) is 1.63. The minimum absolute atomic E-state index is 0.0440. The molecule has 1 fully saturated rings. The molecule has 1 aliphatic rings. The summed E-state index contributed by atoms with van der Waals surface area (Å²) >= 11 is 5.88. The Labute approximate surface area is 172 Å². The van der Waals surface area contributed by atoms with Crippen LogP contribution in [0.3, 0.4) is 0 Å². The number of ether oxygens (including phenoxy) is 1. The van der Waals surface area contributed by atoms with Gasteiger partial charge in [-0.3, -0.25) is 9.89 Å². The molecule has 4 rings (SSSR count). The van der Waals surface area contributed by atoms with Crippen molar-refractivity contribution in [2.75, 3.05) is 25.1 Å². The number of benzene rings is 2. The number of hydrogen-bond acceptors (Lipinski definition) is 4. The predicted octanol–water partition coefficient (Wildman–Crippen LogP) is 3.89. The average Bonchev–Trinajstić information content (AvgIpc) is 3.39. The first-order chi connectivity index (χ1) is 14.0. The molecule has 1 saturated heterocycles. The minimum Gasteiger partial charge on any atom is -0.497 e. The first-order valence-corrected chi connectivity index (χ1v) is 9.62. The highest BCUT2D eigenvalue weighted by Crippen LogP contribution is 2.26. The lowest BCUT2D eigenvalue weighted by Gasteiger charge is -2.16. The van der Waals surface area contributed by atoms with Crippen LogP contribution in [0.5, 0.6) is 5.75 Å². The molecule has 0 spiro atoms. The van der Waals surface area contributed by atoms with E-state index in [0.717, 1.165) is 35.8 Å². The van der Waals surface area contributed by atoms with Gasteiger partial charge in [0, 0.05) is 30.2 Å². The Morgan fingerprint density at radius 1 is 1.28 bits per heavy atom. The van der Waals surface area contributed by atoms with E-state index in [0.29, 0.717) is 11.6 Å². The van der Waals surface area contributed by atoms with E-state index in [2.05, 4.69) is 20.4 Å². The molecule has 0 radical (unpaired) electrons. The lowest BCUT2D eigenvalue weighted by Crippen LogP contribution is -2.37. The molecule has 0 unspecified atom stereocenters. The SMILES string of the molecule is COc1ccc(-c2cc(N3CC[C@@H](NC(=O)c4cc(Cl)ccc4F)C3)n[nH]2)cc1. The van der Waals surface area contributed by atoms with Crippen molar-refractivity contribution >= 4 is 23.3 Å². The van der Waals surface area contributed by atoms with Crippen molar-refractivity contribution in [2.45, 2.75) is 12.5 Å². The highest BCUT2D eigenvalue weighted by atomic mass is 35.5. The van der Waals surface area contributed by atoms with Crippen LogP contribution in [0, 0.1) is 5.82 Å². The molecule has 2 heterocycles. The molecule has 1 amide bonds. The maximum Gasteiger partial charge on any atom is 0.254 e. The molecule has 6 nitrogen and oxygen atoms in total. The number of carbonyl (C=O) groups is 1. The Kier molecular flexibility index (Phi) is 5.40. The van der Waals surface area contributed by atoms with Gasteiger partial charge in [0.1, 0.15) is 11.6 Å². The quantitative estimate of drug-likeness (QED) is 0.664. The fourth-order valence-corrected chi connectivity index (χ4v) is 3.58. The summed E-state index contributed by atoms with van der Waals surface area (Å²) in [6.45, 7) is 1.34. The number of amides is 1.